The largest absolute Gasteiger partial charge is 0.355 e. The van der Waals surface area contributed by atoms with Crippen LogP contribution < -0.4 is 11.1 Å². The molecular weight excluding hydrogens is 260 g/mol. The lowest BCUT2D eigenvalue weighted by Gasteiger charge is -2.34. The van der Waals surface area contributed by atoms with Crippen molar-refractivity contribution in [2.24, 2.45) is 11.7 Å². The number of carbonyl (C=O) groups excluding carboxylic acids is 1. The van der Waals surface area contributed by atoms with Crippen molar-refractivity contribution < 1.29 is 4.79 Å². The number of amides is 1. The number of allylic oxidation sites excluding steroid dienone is 3. The van der Waals surface area contributed by atoms with E-state index in [1.807, 2.05) is 36.4 Å². The van der Waals surface area contributed by atoms with Gasteiger partial charge in [-0.05, 0) is 24.1 Å². The van der Waals surface area contributed by atoms with E-state index in [0.717, 1.165) is 17.6 Å². The van der Waals surface area contributed by atoms with Crippen LogP contribution in [0.2, 0.25) is 0 Å². The topological polar surface area (TPSA) is 55.1 Å². The first-order valence-electron chi connectivity index (χ1n) is 7.21. The van der Waals surface area contributed by atoms with Crippen molar-refractivity contribution in [2.75, 3.05) is 13.1 Å². The molecule has 0 radical (unpaired) electrons. The van der Waals surface area contributed by atoms with Crippen molar-refractivity contribution in [2.45, 2.75) is 11.8 Å². The highest BCUT2D eigenvalue weighted by atomic mass is 16.2. The van der Waals surface area contributed by atoms with Gasteiger partial charge in [0, 0.05) is 12.5 Å². The summed E-state index contributed by atoms with van der Waals surface area (Å²) in [6.45, 7) is 8.84. The van der Waals surface area contributed by atoms with Gasteiger partial charge in [0.05, 0.1) is 0 Å². The molecule has 3 nitrogen and oxygen atoms in total. The standard InChI is InChI=1S/C18H22N2O/c1-3-8-14(4-2)18(15-9-6-5-7-10-15)16(11-12-19)13-20-17(18)21/h3-10,16H,1-2,11-13,19H2,(H,20,21)/b14-8+. The molecule has 1 saturated heterocycles. The van der Waals surface area contributed by atoms with Crippen LogP contribution in [0.4, 0.5) is 0 Å². The fourth-order valence-electron chi connectivity index (χ4n) is 3.30. The number of rotatable bonds is 6. The third-order valence-corrected chi connectivity index (χ3v) is 4.20. The average Bonchev–Trinajstić information content (AvgIpc) is 2.84. The number of carbonyl (C=O) groups is 1. The third-order valence-electron chi connectivity index (χ3n) is 4.20. The first-order valence-corrected chi connectivity index (χ1v) is 7.21. The Bertz CT molecular complexity index is 562. The van der Waals surface area contributed by atoms with Crippen LogP contribution in [-0.4, -0.2) is 19.0 Å². The molecule has 0 aromatic heterocycles. The van der Waals surface area contributed by atoms with Crippen molar-refractivity contribution in [3.63, 3.8) is 0 Å². The smallest absolute Gasteiger partial charge is 0.235 e. The molecule has 110 valence electrons. The molecule has 1 aromatic rings. The number of hydrogen-bond acceptors (Lipinski definition) is 2. The zero-order valence-corrected chi connectivity index (χ0v) is 12.2. The van der Waals surface area contributed by atoms with Gasteiger partial charge in [-0.2, -0.15) is 0 Å². The quantitative estimate of drug-likeness (QED) is 0.787. The van der Waals surface area contributed by atoms with Gasteiger partial charge in [0.1, 0.15) is 5.41 Å². The summed E-state index contributed by atoms with van der Waals surface area (Å²) >= 11 is 0. The van der Waals surface area contributed by atoms with E-state index in [9.17, 15) is 4.79 Å². The molecule has 0 spiro atoms. The summed E-state index contributed by atoms with van der Waals surface area (Å²) in [5.74, 6) is 0.127. The first-order chi connectivity index (χ1) is 10.2. The first kappa shape index (κ1) is 15.3. The maximum atomic E-state index is 12.8. The van der Waals surface area contributed by atoms with E-state index < -0.39 is 5.41 Å². The van der Waals surface area contributed by atoms with Crippen molar-refractivity contribution in [1.29, 1.82) is 0 Å². The van der Waals surface area contributed by atoms with E-state index in [0.29, 0.717) is 13.1 Å². The molecule has 3 N–H and O–H groups in total. The van der Waals surface area contributed by atoms with Crippen molar-refractivity contribution in [3.05, 3.63) is 72.9 Å². The summed E-state index contributed by atoms with van der Waals surface area (Å²) in [5, 5.41) is 3.00. The number of hydrogen-bond donors (Lipinski definition) is 2. The normalized spacial score (nSPS) is 25.5. The van der Waals surface area contributed by atoms with Crippen LogP contribution in [0.15, 0.2) is 67.3 Å². The highest BCUT2D eigenvalue weighted by molar-refractivity contribution is 5.95. The molecule has 0 bridgehead atoms. The summed E-state index contributed by atoms with van der Waals surface area (Å²) in [7, 11) is 0. The predicted molar refractivity (Wildman–Crippen MR) is 86.8 cm³/mol. The number of nitrogens with one attached hydrogen (secondary N) is 1. The number of nitrogens with two attached hydrogens (primary N) is 1. The van der Waals surface area contributed by atoms with Gasteiger partial charge < -0.3 is 11.1 Å². The highest BCUT2D eigenvalue weighted by Gasteiger charge is 2.52. The van der Waals surface area contributed by atoms with Gasteiger partial charge in [0.15, 0.2) is 0 Å². The zero-order chi connectivity index (χ0) is 15.3. The van der Waals surface area contributed by atoms with Crippen LogP contribution in [0.25, 0.3) is 0 Å². The van der Waals surface area contributed by atoms with Crippen LogP contribution in [0.1, 0.15) is 12.0 Å². The number of benzene rings is 1. The monoisotopic (exact) mass is 282 g/mol. The van der Waals surface area contributed by atoms with Crippen LogP contribution in [0.3, 0.4) is 0 Å². The molecule has 1 aliphatic heterocycles. The highest BCUT2D eigenvalue weighted by Crippen LogP contribution is 2.44. The van der Waals surface area contributed by atoms with Gasteiger partial charge in [-0.25, -0.2) is 0 Å². The summed E-state index contributed by atoms with van der Waals surface area (Å²) in [5.41, 5.74) is 6.89. The van der Waals surface area contributed by atoms with Gasteiger partial charge in [-0.1, -0.05) is 61.7 Å². The van der Waals surface area contributed by atoms with Crippen LogP contribution in [0.5, 0.6) is 0 Å². The van der Waals surface area contributed by atoms with Crippen LogP contribution in [-0.2, 0) is 10.2 Å². The third kappa shape index (κ3) is 2.45. The van der Waals surface area contributed by atoms with Crippen LogP contribution >= 0.6 is 0 Å². The van der Waals surface area contributed by atoms with Gasteiger partial charge in [0.25, 0.3) is 0 Å². The second-order valence-corrected chi connectivity index (χ2v) is 5.22. The molecule has 1 aromatic carbocycles. The van der Waals surface area contributed by atoms with Gasteiger partial charge in [0.2, 0.25) is 5.91 Å². The van der Waals surface area contributed by atoms with Crippen molar-refractivity contribution >= 4 is 5.91 Å². The zero-order valence-electron chi connectivity index (χ0n) is 12.2. The summed E-state index contributed by atoms with van der Waals surface area (Å²) in [4.78, 5) is 12.8. The Morgan fingerprint density at radius 2 is 2.10 bits per heavy atom. The molecule has 3 heteroatoms. The average molecular weight is 282 g/mol. The fourth-order valence-corrected chi connectivity index (χ4v) is 3.30. The Morgan fingerprint density at radius 3 is 2.67 bits per heavy atom. The van der Waals surface area contributed by atoms with Gasteiger partial charge >= 0.3 is 0 Å². The molecule has 2 unspecified atom stereocenters. The molecule has 1 amide bonds. The molecule has 1 heterocycles. The Balaban J connectivity index is 2.68. The maximum absolute atomic E-state index is 12.8. The molecule has 2 rings (SSSR count). The fraction of sp³-hybridized carbons (Fsp3) is 0.278. The molecular formula is C18H22N2O. The summed E-state index contributed by atoms with van der Waals surface area (Å²) < 4.78 is 0. The van der Waals surface area contributed by atoms with Crippen molar-refractivity contribution in [1.82, 2.24) is 5.32 Å². The lowest BCUT2D eigenvalue weighted by molar-refractivity contribution is -0.123. The molecule has 0 saturated carbocycles. The second-order valence-electron chi connectivity index (χ2n) is 5.22. The Kier molecular flexibility index (Phi) is 4.76. The Hall–Kier alpha value is -2.13. The Labute approximate surface area is 126 Å². The van der Waals surface area contributed by atoms with Gasteiger partial charge in [-0.15, -0.1) is 0 Å². The molecule has 21 heavy (non-hydrogen) atoms. The molecule has 1 aliphatic rings. The van der Waals surface area contributed by atoms with E-state index in [2.05, 4.69) is 18.5 Å². The lowest BCUT2D eigenvalue weighted by Crippen LogP contribution is -2.42. The predicted octanol–water partition coefficient (Wildman–Crippen LogP) is 2.32. The second kappa shape index (κ2) is 6.55. The maximum Gasteiger partial charge on any atom is 0.235 e. The van der Waals surface area contributed by atoms with Crippen molar-refractivity contribution in [3.8, 4) is 0 Å². The lowest BCUT2D eigenvalue weighted by atomic mass is 9.65. The minimum Gasteiger partial charge on any atom is -0.355 e. The molecule has 1 fully saturated rings. The van der Waals surface area contributed by atoms with E-state index in [1.54, 1.807) is 12.2 Å². The molecule has 2 atom stereocenters. The summed E-state index contributed by atoms with van der Waals surface area (Å²) in [6.07, 6.45) is 6.10. The van der Waals surface area contributed by atoms with Crippen LogP contribution in [0, 0.1) is 5.92 Å². The Morgan fingerprint density at radius 1 is 1.38 bits per heavy atom. The van der Waals surface area contributed by atoms with E-state index in [4.69, 9.17) is 5.73 Å². The van der Waals surface area contributed by atoms with E-state index in [1.165, 1.54) is 0 Å². The minimum atomic E-state index is -0.726. The van der Waals surface area contributed by atoms with E-state index in [-0.39, 0.29) is 11.8 Å². The SMILES string of the molecule is C=C/C=C(\C=C)C1(c2ccccc2)C(=O)NCC1CCN. The molecule has 0 aliphatic carbocycles. The van der Waals surface area contributed by atoms with E-state index >= 15 is 0 Å². The van der Waals surface area contributed by atoms with Gasteiger partial charge in [-0.3, -0.25) is 4.79 Å². The minimum absolute atomic E-state index is 0.0140. The summed E-state index contributed by atoms with van der Waals surface area (Å²) in [6, 6.07) is 9.85.